The molecule has 0 aromatic heterocycles. The first-order valence-electron chi connectivity index (χ1n) is 6.42. The molecule has 0 saturated carbocycles. The van der Waals surface area contributed by atoms with E-state index >= 15 is 0 Å². The Hall–Kier alpha value is -1.50. The molecule has 0 spiro atoms. The van der Waals surface area contributed by atoms with Crippen LogP contribution in [0.5, 0.6) is 0 Å². The number of hydrogen-bond acceptors (Lipinski definition) is 5. The lowest BCUT2D eigenvalue weighted by Gasteiger charge is -2.30. The van der Waals surface area contributed by atoms with Crippen LogP contribution in [-0.2, 0) is 0 Å². The average Bonchev–Trinajstić information content (AvgIpc) is 2.46. The lowest BCUT2D eigenvalue weighted by molar-refractivity contribution is -0.383. The molecule has 0 atom stereocenters. The zero-order chi connectivity index (χ0) is 14.5. The van der Waals surface area contributed by atoms with Crippen LogP contribution in [0.4, 0.5) is 17.1 Å². The van der Waals surface area contributed by atoms with Gasteiger partial charge >= 0.3 is 0 Å². The zero-order valence-electron chi connectivity index (χ0n) is 11.5. The Balaban J connectivity index is 0.00000220. The molecule has 1 aliphatic heterocycles. The molecule has 1 aliphatic rings. The van der Waals surface area contributed by atoms with E-state index in [1.807, 2.05) is 0 Å². The van der Waals surface area contributed by atoms with Gasteiger partial charge in [-0.15, -0.1) is 19.0 Å². The third kappa shape index (κ3) is 4.23. The monoisotopic (exact) mass is 332 g/mol. The molecule has 116 valence electrons. The lowest BCUT2D eigenvalue weighted by Crippen LogP contribution is -2.43. The lowest BCUT2D eigenvalue weighted by atomic mass is 10.2. The van der Waals surface area contributed by atoms with Crippen molar-refractivity contribution in [3.63, 3.8) is 0 Å². The van der Waals surface area contributed by atoms with Crippen LogP contribution in [0.25, 0.3) is 0 Å². The molecule has 1 heterocycles. The first-order chi connectivity index (χ1) is 9.63. The van der Waals surface area contributed by atoms with Crippen molar-refractivity contribution in [3.05, 3.63) is 39.9 Å². The van der Waals surface area contributed by atoms with Gasteiger partial charge in [0.05, 0.1) is 15.6 Å². The Morgan fingerprint density at radius 2 is 2.14 bits per heavy atom. The van der Waals surface area contributed by atoms with Crippen LogP contribution in [0.1, 0.15) is 0 Å². The van der Waals surface area contributed by atoms with E-state index in [0.717, 1.165) is 31.9 Å². The maximum absolute atomic E-state index is 11.1. The molecule has 2 N–H and O–H groups in total. The Morgan fingerprint density at radius 1 is 1.48 bits per heavy atom. The van der Waals surface area contributed by atoms with Crippen LogP contribution in [0.2, 0.25) is 5.02 Å². The molecule has 0 amide bonds. The van der Waals surface area contributed by atoms with Crippen molar-refractivity contribution in [2.75, 3.05) is 42.9 Å². The molecule has 0 radical (unpaired) electrons. The van der Waals surface area contributed by atoms with E-state index in [9.17, 15) is 10.1 Å². The number of piperazine rings is 1. The van der Waals surface area contributed by atoms with Crippen molar-refractivity contribution in [3.8, 4) is 0 Å². The molecule has 0 bridgehead atoms. The maximum atomic E-state index is 11.1. The number of hydrogen-bond donors (Lipinski definition) is 2. The summed E-state index contributed by atoms with van der Waals surface area (Å²) in [5, 5.41) is 17.7. The van der Waals surface area contributed by atoms with E-state index in [2.05, 4.69) is 22.1 Å². The number of rotatable bonds is 5. The minimum atomic E-state index is -0.432. The highest BCUT2D eigenvalue weighted by Crippen LogP contribution is 2.36. The largest absolute Gasteiger partial charge is 0.376 e. The first kappa shape index (κ1) is 17.6. The van der Waals surface area contributed by atoms with E-state index in [4.69, 9.17) is 11.6 Å². The number of benzene rings is 1. The zero-order valence-corrected chi connectivity index (χ0v) is 13.0. The molecule has 1 saturated heterocycles. The van der Waals surface area contributed by atoms with Gasteiger partial charge in [-0.25, -0.2) is 0 Å². The van der Waals surface area contributed by atoms with Gasteiger partial charge in [0, 0.05) is 38.8 Å². The SMILES string of the molecule is C=CCNc1cc(N2CCNCC2)c(Cl)cc1[N+](=O)[O-].Cl. The molecule has 0 aliphatic carbocycles. The van der Waals surface area contributed by atoms with Crippen LogP contribution in [0.15, 0.2) is 24.8 Å². The summed E-state index contributed by atoms with van der Waals surface area (Å²) in [4.78, 5) is 12.8. The molecule has 1 aromatic carbocycles. The van der Waals surface area contributed by atoms with Crippen molar-refractivity contribution in [2.24, 2.45) is 0 Å². The van der Waals surface area contributed by atoms with Crippen LogP contribution < -0.4 is 15.5 Å². The van der Waals surface area contributed by atoms with Crippen molar-refractivity contribution in [1.82, 2.24) is 5.32 Å². The van der Waals surface area contributed by atoms with Gasteiger partial charge in [-0.1, -0.05) is 17.7 Å². The molecule has 0 unspecified atom stereocenters. The van der Waals surface area contributed by atoms with Gasteiger partial charge in [-0.2, -0.15) is 0 Å². The summed E-state index contributed by atoms with van der Waals surface area (Å²) in [6.07, 6.45) is 1.66. The van der Waals surface area contributed by atoms with Gasteiger partial charge in [0.15, 0.2) is 0 Å². The summed E-state index contributed by atoms with van der Waals surface area (Å²) >= 11 is 6.20. The molecule has 6 nitrogen and oxygen atoms in total. The predicted octanol–water partition coefficient (Wildman–Crippen LogP) is 2.68. The number of nitro groups is 1. The van der Waals surface area contributed by atoms with E-state index in [0.29, 0.717) is 17.3 Å². The fourth-order valence-corrected chi connectivity index (χ4v) is 2.45. The Labute approximate surface area is 134 Å². The fraction of sp³-hybridized carbons (Fsp3) is 0.385. The second-order valence-electron chi connectivity index (χ2n) is 4.48. The van der Waals surface area contributed by atoms with Gasteiger partial charge in [0.1, 0.15) is 5.69 Å². The van der Waals surface area contributed by atoms with E-state index < -0.39 is 4.92 Å². The average molecular weight is 333 g/mol. The van der Waals surface area contributed by atoms with Crippen LogP contribution in [-0.4, -0.2) is 37.6 Å². The quantitative estimate of drug-likeness (QED) is 0.492. The molecule has 2 rings (SSSR count). The molecular formula is C13H18Cl2N4O2. The molecule has 8 heteroatoms. The predicted molar refractivity (Wildman–Crippen MR) is 89.1 cm³/mol. The first-order valence-corrected chi connectivity index (χ1v) is 6.79. The molecule has 1 aromatic rings. The van der Waals surface area contributed by atoms with Gasteiger partial charge in [-0.05, 0) is 6.07 Å². The normalized spacial score (nSPS) is 14.2. The van der Waals surface area contributed by atoms with E-state index in [1.54, 1.807) is 12.1 Å². The van der Waals surface area contributed by atoms with Gasteiger partial charge in [0.25, 0.3) is 5.69 Å². The van der Waals surface area contributed by atoms with Crippen molar-refractivity contribution < 1.29 is 4.92 Å². The summed E-state index contributed by atoms with van der Waals surface area (Å²) in [5.41, 5.74) is 1.27. The topological polar surface area (TPSA) is 70.4 Å². The summed E-state index contributed by atoms with van der Waals surface area (Å²) < 4.78 is 0. The van der Waals surface area contributed by atoms with Crippen LogP contribution in [0.3, 0.4) is 0 Å². The minimum Gasteiger partial charge on any atom is -0.376 e. The maximum Gasteiger partial charge on any atom is 0.293 e. The van der Waals surface area contributed by atoms with Gasteiger partial charge < -0.3 is 15.5 Å². The highest BCUT2D eigenvalue weighted by molar-refractivity contribution is 6.33. The third-order valence-corrected chi connectivity index (χ3v) is 3.46. The Morgan fingerprint density at radius 3 is 2.71 bits per heavy atom. The fourth-order valence-electron chi connectivity index (χ4n) is 2.17. The third-order valence-electron chi connectivity index (χ3n) is 3.16. The standard InChI is InChI=1S/C13H17ClN4O2.ClH/c1-2-3-16-11-9-12(17-6-4-15-5-7-17)10(14)8-13(11)18(19)20;/h2,8-9,15-16H,1,3-7H2;1H. The molecule has 1 fully saturated rings. The number of anilines is 2. The number of nitrogens with one attached hydrogen (secondary N) is 2. The second-order valence-corrected chi connectivity index (χ2v) is 4.89. The Bertz CT molecular complexity index is 519. The Kier molecular flexibility index (Phi) is 6.74. The van der Waals surface area contributed by atoms with Crippen molar-refractivity contribution >= 4 is 41.1 Å². The summed E-state index contributed by atoms with van der Waals surface area (Å²) in [7, 11) is 0. The van der Waals surface area contributed by atoms with Crippen LogP contribution in [0, 0.1) is 10.1 Å². The van der Waals surface area contributed by atoms with Crippen molar-refractivity contribution in [2.45, 2.75) is 0 Å². The number of nitro benzene ring substituents is 1. The summed E-state index contributed by atoms with van der Waals surface area (Å²) in [6, 6.07) is 3.15. The molecular weight excluding hydrogens is 315 g/mol. The van der Waals surface area contributed by atoms with Gasteiger partial charge in [-0.3, -0.25) is 10.1 Å². The highest BCUT2D eigenvalue weighted by atomic mass is 35.5. The summed E-state index contributed by atoms with van der Waals surface area (Å²) in [6.45, 7) is 7.48. The smallest absolute Gasteiger partial charge is 0.293 e. The number of halogens is 2. The molecule has 21 heavy (non-hydrogen) atoms. The highest BCUT2D eigenvalue weighted by Gasteiger charge is 2.21. The van der Waals surface area contributed by atoms with Gasteiger partial charge in [0.2, 0.25) is 0 Å². The van der Waals surface area contributed by atoms with Crippen molar-refractivity contribution in [1.29, 1.82) is 0 Å². The second kappa shape index (κ2) is 8.07. The summed E-state index contributed by atoms with van der Waals surface area (Å²) in [5.74, 6) is 0. The van der Waals surface area contributed by atoms with E-state index in [1.165, 1.54) is 6.07 Å². The minimum absolute atomic E-state index is 0. The van der Waals surface area contributed by atoms with Crippen LogP contribution >= 0.6 is 24.0 Å². The number of nitrogens with zero attached hydrogens (tertiary/aromatic N) is 2. The van der Waals surface area contributed by atoms with E-state index in [-0.39, 0.29) is 18.1 Å².